The molecule has 0 amide bonds. The smallest absolute Gasteiger partial charge is 0.0472 e. The zero-order chi connectivity index (χ0) is 7.40. The molecule has 0 bridgehead atoms. The molecule has 0 fully saturated rings. The molecule has 0 aliphatic heterocycles. The molecule has 4 heteroatoms. The van der Waals surface area contributed by atoms with Gasteiger partial charge in [-0.25, -0.2) is 5.48 Å². The average Bonchev–Trinajstić information content (AvgIpc) is 1.94. The molecule has 2 nitrogen and oxygen atoms in total. The quantitative estimate of drug-likeness (QED) is 0.707. The second-order valence-corrected chi connectivity index (χ2v) is 2.33. The lowest BCUT2D eigenvalue weighted by atomic mass is 10.2. The first kappa shape index (κ1) is 10.7. The minimum absolute atomic E-state index is 0. The molecule has 62 valence electrons. The molecule has 0 heterocycles. The van der Waals surface area contributed by atoms with Crippen LogP contribution < -0.4 is 5.48 Å². The molecule has 0 spiro atoms. The Labute approximate surface area is 76.6 Å². The van der Waals surface area contributed by atoms with Crippen molar-refractivity contribution in [3.05, 3.63) is 34.9 Å². The Hall–Kier alpha value is -0.280. The van der Waals surface area contributed by atoms with Gasteiger partial charge in [0.1, 0.15) is 0 Å². The van der Waals surface area contributed by atoms with E-state index in [2.05, 4.69) is 0 Å². The van der Waals surface area contributed by atoms with Gasteiger partial charge in [0.15, 0.2) is 0 Å². The van der Waals surface area contributed by atoms with Crippen molar-refractivity contribution >= 4 is 24.0 Å². The van der Waals surface area contributed by atoms with E-state index in [1.807, 2.05) is 23.7 Å². The summed E-state index contributed by atoms with van der Waals surface area (Å²) in [5.41, 5.74) is 2.94. The van der Waals surface area contributed by atoms with Crippen molar-refractivity contribution < 1.29 is 5.21 Å². The van der Waals surface area contributed by atoms with E-state index in [-0.39, 0.29) is 12.4 Å². The van der Waals surface area contributed by atoms with Crippen LogP contribution >= 0.6 is 24.0 Å². The van der Waals surface area contributed by atoms with Crippen molar-refractivity contribution in [1.82, 2.24) is 5.48 Å². The lowest BCUT2D eigenvalue weighted by molar-refractivity contribution is 0.161. The fourth-order valence-electron chi connectivity index (χ4n) is 0.727. The average molecular weight is 194 g/mol. The molecule has 11 heavy (non-hydrogen) atoms. The van der Waals surface area contributed by atoms with Crippen molar-refractivity contribution in [2.45, 2.75) is 6.54 Å². The maximum Gasteiger partial charge on any atom is 0.0472 e. The lowest BCUT2D eigenvalue weighted by Crippen LogP contribution is -2.06. The number of hydrogen-bond acceptors (Lipinski definition) is 2. The molecule has 0 radical (unpaired) electrons. The number of nitrogens with one attached hydrogen (secondary N) is 1. The minimum atomic E-state index is 0. The third-order valence-electron chi connectivity index (χ3n) is 1.23. The van der Waals surface area contributed by atoms with Gasteiger partial charge in [-0.3, -0.25) is 0 Å². The van der Waals surface area contributed by atoms with Crippen molar-refractivity contribution in [2.24, 2.45) is 0 Å². The summed E-state index contributed by atoms with van der Waals surface area (Å²) in [6, 6.07) is 7.36. The first-order valence-electron chi connectivity index (χ1n) is 2.95. The van der Waals surface area contributed by atoms with Gasteiger partial charge >= 0.3 is 0 Å². The first-order chi connectivity index (χ1) is 4.84. The molecule has 0 aromatic heterocycles. The van der Waals surface area contributed by atoms with Crippen LogP contribution in [0.1, 0.15) is 5.56 Å². The van der Waals surface area contributed by atoms with Crippen molar-refractivity contribution in [2.75, 3.05) is 0 Å². The molecule has 0 saturated heterocycles. The van der Waals surface area contributed by atoms with Crippen molar-refractivity contribution in [3.63, 3.8) is 0 Å². The SMILES string of the molecule is Cl.ONCc1ccccc1Cl. The van der Waals surface area contributed by atoms with Crippen LogP contribution in [0.4, 0.5) is 0 Å². The Morgan fingerprint density at radius 2 is 2.00 bits per heavy atom. The molecule has 0 atom stereocenters. The Morgan fingerprint density at radius 1 is 1.36 bits per heavy atom. The number of benzene rings is 1. The Balaban J connectivity index is 0.000001000. The highest BCUT2D eigenvalue weighted by Gasteiger charge is 1.94. The van der Waals surface area contributed by atoms with Gasteiger partial charge < -0.3 is 5.21 Å². The first-order valence-corrected chi connectivity index (χ1v) is 3.33. The van der Waals surface area contributed by atoms with Crippen LogP contribution in [0, 0.1) is 0 Å². The highest BCUT2D eigenvalue weighted by Crippen LogP contribution is 2.13. The molecule has 0 aliphatic rings. The van der Waals surface area contributed by atoms with E-state index in [9.17, 15) is 0 Å². The summed E-state index contributed by atoms with van der Waals surface area (Å²) in [6.07, 6.45) is 0. The van der Waals surface area contributed by atoms with Crippen molar-refractivity contribution in [3.8, 4) is 0 Å². The van der Waals surface area contributed by atoms with Gasteiger partial charge in [0.2, 0.25) is 0 Å². The number of rotatable bonds is 2. The largest absolute Gasteiger partial charge is 0.316 e. The van der Waals surface area contributed by atoms with Crippen LogP contribution in [-0.4, -0.2) is 5.21 Å². The fraction of sp³-hybridized carbons (Fsp3) is 0.143. The van der Waals surface area contributed by atoms with E-state index in [0.29, 0.717) is 11.6 Å². The zero-order valence-corrected chi connectivity index (χ0v) is 7.32. The molecule has 1 aromatic rings. The van der Waals surface area contributed by atoms with Crippen LogP contribution in [0.25, 0.3) is 0 Å². The lowest BCUT2D eigenvalue weighted by Gasteiger charge is -1.99. The Morgan fingerprint density at radius 3 is 2.55 bits per heavy atom. The normalized spacial score (nSPS) is 8.91. The van der Waals surface area contributed by atoms with E-state index < -0.39 is 0 Å². The third kappa shape index (κ3) is 3.08. The fourth-order valence-corrected chi connectivity index (χ4v) is 0.929. The van der Waals surface area contributed by atoms with E-state index in [0.717, 1.165) is 5.56 Å². The summed E-state index contributed by atoms with van der Waals surface area (Å²) in [4.78, 5) is 0. The van der Waals surface area contributed by atoms with E-state index in [1.165, 1.54) is 0 Å². The summed E-state index contributed by atoms with van der Waals surface area (Å²) < 4.78 is 0. The number of hydroxylamine groups is 1. The van der Waals surface area contributed by atoms with E-state index in [1.54, 1.807) is 6.07 Å². The standard InChI is InChI=1S/C7H8ClNO.ClH/c8-7-4-2-1-3-6(7)5-9-10;/h1-4,9-10H,5H2;1H. The summed E-state index contributed by atoms with van der Waals surface area (Å²) in [5.74, 6) is 0. The van der Waals surface area contributed by atoms with Gasteiger partial charge in [0.25, 0.3) is 0 Å². The van der Waals surface area contributed by atoms with Gasteiger partial charge in [0.05, 0.1) is 0 Å². The highest BCUT2D eigenvalue weighted by atomic mass is 35.5. The summed E-state index contributed by atoms with van der Waals surface area (Å²) in [7, 11) is 0. The molecular formula is C7H9Cl2NO. The summed E-state index contributed by atoms with van der Waals surface area (Å²) in [5, 5.41) is 9.01. The third-order valence-corrected chi connectivity index (χ3v) is 1.60. The second-order valence-electron chi connectivity index (χ2n) is 1.93. The summed E-state index contributed by atoms with van der Waals surface area (Å²) in [6.45, 7) is 0.389. The predicted octanol–water partition coefficient (Wildman–Crippen LogP) is 2.24. The van der Waals surface area contributed by atoms with Crippen LogP contribution in [0.3, 0.4) is 0 Å². The predicted molar refractivity (Wildman–Crippen MR) is 47.3 cm³/mol. The monoisotopic (exact) mass is 193 g/mol. The molecule has 1 aromatic carbocycles. The van der Waals surface area contributed by atoms with Gasteiger partial charge in [-0.05, 0) is 11.6 Å². The molecular weight excluding hydrogens is 185 g/mol. The number of hydrogen-bond donors (Lipinski definition) is 2. The van der Waals surface area contributed by atoms with Crippen LogP contribution in [-0.2, 0) is 6.54 Å². The van der Waals surface area contributed by atoms with Crippen LogP contribution in [0.5, 0.6) is 0 Å². The maximum atomic E-state index is 8.34. The van der Waals surface area contributed by atoms with Gasteiger partial charge in [-0.1, -0.05) is 29.8 Å². The molecule has 0 unspecified atom stereocenters. The van der Waals surface area contributed by atoms with Gasteiger partial charge in [0, 0.05) is 11.6 Å². The maximum absolute atomic E-state index is 8.34. The zero-order valence-electron chi connectivity index (χ0n) is 5.75. The highest BCUT2D eigenvalue weighted by molar-refractivity contribution is 6.31. The Bertz CT molecular complexity index is 217. The van der Waals surface area contributed by atoms with E-state index in [4.69, 9.17) is 16.8 Å². The molecule has 2 N–H and O–H groups in total. The molecule has 1 rings (SSSR count). The second kappa shape index (κ2) is 5.38. The van der Waals surface area contributed by atoms with Crippen LogP contribution in [0.15, 0.2) is 24.3 Å². The van der Waals surface area contributed by atoms with E-state index >= 15 is 0 Å². The minimum Gasteiger partial charge on any atom is -0.316 e. The summed E-state index contributed by atoms with van der Waals surface area (Å²) >= 11 is 5.75. The topological polar surface area (TPSA) is 32.3 Å². The molecule has 0 aliphatic carbocycles. The van der Waals surface area contributed by atoms with Crippen molar-refractivity contribution in [1.29, 1.82) is 0 Å². The Kier molecular flexibility index (Phi) is 5.24. The van der Waals surface area contributed by atoms with Gasteiger partial charge in [-0.2, -0.15) is 0 Å². The number of halogens is 2. The van der Waals surface area contributed by atoms with Crippen LogP contribution in [0.2, 0.25) is 5.02 Å². The molecule has 0 saturated carbocycles. The van der Waals surface area contributed by atoms with Gasteiger partial charge in [-0.15, -0.1) is 12.4 Å².